The van der Waals surface area contributed by atoms with E-state index >= 15 is 0 Å². The van der Waals surface area contributed by atoms with Crippen LogP contribution in [0.5, 0.6) is 0 Å². The maximum atomic E-state index is 13.0. The molecule has 2 aliphatic heterocycles. The first-order chi connectivity index (χ1) is 15.3. The van der Waals surface area contributed by atoms with Crippen LogP contribution in [0.2, 0.25) is 4.82 Å². The molecule has 1 fully saturated rings. The fourth-order valence-electron chi connectivity index (χ4n) is 3.50. The van der Waals surface area contributed by atoms with Gasteiger partial charge in [0.05, 0.1) is 0 Å². The Morgan fingerprint density at radius 1 is 1.22 bits per heavy atom. The van der Waals surface area contributed by atoms with E-state index in [4.69, 9.17) is 23.7 Å². The molecule has 1 saturated heterocycles. The van der Waals surface area contributed by atoms with Crippen molar-refractivity contribution < 1.29 is 33.3 Å². The summed E-state index contributed by atoms with van der Waals surface area (Å²) in [6.45, 7) is 6.58. The van der Waals surface area contributed by atoms with E-state index in [1.165, 1.54) is 15.6 Å². The molecular formula is C23H31NO7Se. The monoisotopic (exact) mass is 513 g/mol. The van der Waals surface area contributed by atoms with E-state index in [2.05, 4.69) is 12.1 Å². The third-order valence-corrected chi connectivity index (χ3v) is 7.50. The molecule has 2 heterocycles. The second kappa shape index (κ2) is 11.3. The number of hydrogen-bond acceptors (Lipinski definition) is 7. The molecule has 0 aromatic heterocycles. The zero-order valence-corrected chi connectivity index (χ0v) is 20.7. The van der Waals surface area contributed by atoms with Crippen LogP contribution in [0.25, 0.3) is 0 Å². The Morgan fingerprint density at radius 3 is 2.66 bits per heavy atom. The Kier molecular flexibility index (Phi) is 8.73. The van der Waals surface area contributed by atoms with E-state index < -0.39 is 23.8 Å². The van der Waals surface area contributed by atoms with Gasteiger partial charge in [-0.15, -0.1) is 0 Å². The zero-order valence-electron chi connectivity index (χ0n) is 18.9. The van der Waals surface area contributed by atoms with E-state index in [-0.39, 0.29) is 38.9 Å². The molecule has 2 aliphatic rings. The Bertz CT molecular complexity index is 808. The summed E-state index contributed by atoms with van der Waals surface area (Å²) < 4.78 is 29.3. The van der Waals surface area contributed by atoms with Crippen LogP contribution in [0.4, 0.5) is 4.79 Å². The first-order valence-corrected chi connectivity index (χ1v) is 12.4. The topological polar surface area (TPSA) is 83.5 Å². The van der Waals surface area contributed by atoms with Gasteiger partial charge in [-0.05, 0) is 0 Å². The summed E-state index contributed by atoms with van der Waals surface area (Å²) in [7, 11) is 1.60. The third kappa shape index (κ3) is 6.56. The predicted molar refractivity (Wildman–Crippen MR) is 119 cm³/mol. The van der Waals surface area contributed by atoms with Crippen molar-refractivity contribution in [3.63, 3.8) is 0 Å². The number of amides is 1. The standard InChI is InChI=1S/C23H31NO7Se/c1-23(2,3)31-22(26)24-12-18(25)17-13-29-14-19(32-16-8-6-5-7-9-16)21(20(17)24)30-15-28-11-10-27-4/h5-9,13,19-21H,10-12,14-15H2,1-4H3/t19-,20+,21+/m1/s1. The van der Waals surface area contributed by atoms with Crippen molar-refractivity contribution in [3.05, 3.63) is 42.2 Å². The number of carbonyl (C=O) groups excluding carboxylic acids is 2. The Hall–Kier alpha value is -1.90. The number of ether oxygens (including phenoxy) is 5. The van der Waals surface area contributed by atoms with Crippen molar-refractivity contribution in [1.29, 1.82) is 0 Å². The van der Waals surface area contributed by atoms with Gasteiger partial charge in [-0.3, -0.25) is 0 Å². The molecule has 0 bridgehead atoms. The zero-order chi connectivity index (χ0) is 23.1. The molecule has 32 heavy (non-hydrogen) atoms. The van der Waals surface area contributed by atoms with Gasteiger partial charge < -0.3 is 0 Å². The first-order valence-electron chi connectivity index (χ1n) is 10.5. The summed E-state index contributed by atoms with van der Waals surface area (Å²) in [5, 5.41) is 0. The van der Waals surface area contributed by atoms with Crippen LogP contribution in [-0.4, -0.2) is 89.7 Å². The van der Waals surface area contributed by atoms with Gasteiger partial charge in [-0.1, -0.05) is 0 Å². The van der Waals surface area contributed by atoms with E-state index in [9.17, 15) is 9.59 Å². The molecule has 8 nitrogen and oxygen atoms in total. The van der Waals surface area contributed by atoms with Crippen molar-refractivity contribution in [1.82, 2.24) is 4.90 Å². The van der Waals surface area contributed by atoms with Gasteiger partial charge in [0, 0.05) is 0 Å². The summed E-state index contributed by atoms with van der Waals surface area (Å²) in [4.78, 5) is 27.2. The van der Waals surface area contributed by atoms with E-state index in [1.54, 1.807) is 27.9 Å². The number of benzene rings is 1. The van der Waals surface area contributed by atoms with Gasteiger partial charge in [0.25, 0.3) is 0 Å². The van der Waals surface area contributed by atoms with Crippen molar-refractivity contribution >= 4 is 31.3 Å². The van der Waals surface area contributed by atoms with Crippen molar-refractivity contribution in [2.45, 2.75) is 43.3 Å². The van der Waals surface area contributed by atoms with E-state index in [1.807, 2.05) is 18.2 Å². The fraction of sp³-hybridized carbons (Fsp3) is 0.565. The average Bonchev–Trinajstić information content (AvgIpc) is 2.95. The molecule has 176 valence electrons. The van der Waals surface area contributed by atoms with Gasteiger partial charge >= 0.3 is 195 Å². The number of methoxy groups -OCH3 is 1. The quantitative estimate of drug-likeness (QED) is 0.299. The van der Waals surface area contributed by atoms with Gasteiger partial charge in [-0.25, -0.2) is 0 Å². The Morgan fingerprint density at radius 2 is 1.97 bits per heavy atom. The minimum absolute atomic E-state index is 0.0208. The van der Waals surface area contributed by atoms with Crippen LogP contribution in [-0.2, 0) is 28.5 Å². The number of rotatable bonds is 8. The molecule has 0 unspecified atom stereocenters. The predicted octanol–water partition coefficient (Wildman–Crippen LogP) is 1.91. The summed E-state index contributed by atoms with van der Waals surface area (Å²) >= 11 is -0.0208. The molecule has 1 amide bonds. The second-order valence-corrected chi connectivity index (χ2v) is 11.3. The normalized spacial score (nSPS) is 23.2. The number of hydrogen-bond donors (Lipinski definition) is 0. The molecule has 0 saturated carbocycles. The van der Waals surface area contributed by atoms with Crippen molar-refractivity contribution in [3.8, 4) is 0 Å². The minimum atomic E-state index is -0.680. The van der Waals surface area contributed by atoms with Gasteiger partial charge in [0.2, 0.25) is 0 Å². The average molecular weight is 512 g/mol. The third-order valence-electron chi connectivity index (χ3n) is 4.87. The van der Waals surface area contributed by atoms with Gasteiger partial charge in [-0.2, -0.15) is 0 Å². The molecule has 0 N–H and O–H groups in total. The van der Waals surface area contributed by atoms with Crippen molar-refractivity contribution in [2.24, 2.45) is 0 Å². The number of carbonyl (C=O) groups is 2. The van der Waals surface area contributed by atoms with Crippen LogP contribution < -0.4 is 4.46 Å². The maximum absolute atomic E-state index is 13.0. The van der Waals surface area contributed by atoms with Crippen molar-refractivity contribution in [2.75, 3.05) is 40.3 Å². The molecule has 0 radical (unpaired) electrons. The first kappa shape index (κ1) is 24.7. The summed E-state index contributed by atoms with van der Waals surface area (Å²) in [5.41, 5.74) is -0.245. The molecule has 1 aromatic carbocycles. The van der Waals surface area contributed by atoms with Crippen LogP contribution in [0.3, 0.4) is 0 Å². The molecular weight excluding hydrogens is 481 g/mol. The van der Waals surface area contributed by atoms with Crippen LogP contribution in [0, 0.1) is 0 Å². The van der Waals surface area contributed by atoms with Crippen LogP contribution in [0.1, 0.15) is 20.8 Å². The fourth-order valence-corrected chi connectivity index (χ4v) is 5.96. The second-order valence-electron chi connectivity index (χ2n) is 8.50. The summed E-state index contributed by atoms with van der Waals surface area (Å²) in [6, 6.07) is 9.50. The molecule has 1 aromatic rings. The van der Waals surface area contributed by atoms with E-state index in [0.717, 1.165) is 0 Å². The number of ketones is 1. The molecule has 3 atom stereocenters. The number of fused-ring (bicyclic) bond motifs is 1. The van der Waals surface area contributed by atoms with E-state index in [0.29, 0.717) is 25.4 Å². The number of likely N-dealkylation sites (tertiary alicyclic amines) is 1. The number of nitrogens with zero attached hydrogens (tertiary/aromatic N) is 1. The van der Waals surface area contributed by atoms with Gasteiger partial charge in [0.1, 0.15) is 0 Å². The molecule has 0 spiro atoms. The Labute approximate surface area is 195 Å². The molecule has 3 rings (SSSR count). The molecule has 0 aliphatic carbocycles. The summed E-state index contributed by atoms with van der Waals surface area (Å²) in [6.07, 6.45) is 0.465. The van der Waals surface area contributed by atoms with Crippen LogP contribution >= 0.6 is 0 Å². The van der Waals surface area contributed by atoms with Gasteiger partial charge in [0.15, 0.2) is 0 Å². The number of Topliss-reactive ketones (excluding diaryl/α,β-unsaturated/α-hetero) is 1. The summed E-state index contributed by atoms with van der Waals surface area (Å²) in [5.74, 6) is -0.164. The SMILES string of the molecule is COCCOCO[C@H]1[C@H]([Se]c2ccccc2)COC=C2C(=O)CN(C(=O)OC(C)(C)C)[C@@H]21. The van der Waals surface area contributed by atoms with Crippen LogP contribution in [0.15, 0.2) is 42.2 Å². The Balaban J connectivity index is 1.86. The molecule has 9 heteroatoms.